The Labute approximate surface area is 128 Å². The van der Waals surface area contributed by atoms with Crippen LogP contribution in [0.2, 0.25) is 0 Å². The van der Waals surface area contributed by atoms with Crippen LogP contribution in [0.1, 0.15) is 36.8 Å². The fraction of sp³-hybridized carbons (Fsp3) is 0.667. The van der Waals surface area contributed by atoms with Crippen LogP contribution in [-0.4, -0.2) is 47.6 Å². The third-order valence-electron chi connectivity index (χ3n) is 6.40. The van der Waals surface area contributed by atoms with Gasteiger partial charge in [-0.3, -0.25) is 4.90 Å². The van der Waals surface area contributed by atoms with Crippen molar-refractivity contribution >= 4 is 0 Å². The first-order chi connectivity index (χ1) is 10.2. The molecule has 3 aliphatic heterocycles. The fourth-order valence-electron chi connectivity index (χ4n) is 5.00. The van der Waals surface area contributed by atoms with E-state index in [1.165, 1.54) is 49.8 Å². The SMILES string of the molecule is CN1C2CCC1CC(CN)(N1CCc3ccccc3C1)C2. The number of nitrogens with zero attached hydrogens (tertiary/aromatic N) is 2. The number of hydrogen-bond acceptors (Lipinski definition) is 3. The molecule has 1 aromatic rings. The highest BCUT2D eigenvalue weighted by Crippen LogP contribution is 2.43. The van der Waals surface area contributed by atoms with E-state index >= 15 is 0 Å². The quantitative estimate of drug-likeness (QED) is 0.902. The number of nitrogens with two attached hydrogens (primary N) is 1. The first-order valence-electron chi connectivity index (χ1n) is 8.46. The Kier molecular flexibility index (Phi) is 3.32. The zero-order chi connectivity index (χ0) is 14.4. The highest BCUT2D eigenvalue weighted by Gasteiger charge is 2.49. The van der Waals surface area contributed by atoms with Crippen molar-refractivity contribution in [2.75, 3.05) is 20.1 Å². The molecule has 0 saturated carbocycles. The molecule has 1 aromatic carbocycles. The Bertz CT molecular complexity index is 513. The molecule has 3 aliphatic rings. The summed E-state index contributed by atoms with van der Waals surface area (Å²) in [5, 5.41) is 0. The van der Waals surface area contributed by atoms with Crippen molar-refractivity contribution in [2.24, 2.45) is 5.73 Å². The topological polar surface area (TPSA) is 32.5 Å². The van der Waals surface area contributed by atoms with Gasteiger partial charge in [-0.05, 0) is 50.3 Å². The molecule has 0 aromatic heterocycles. The summed E-state index contributed by atoms with van der Waals surface area (Å²) in [6.07, 6.45) is 6.45. The molecule has 0 amide bonds. The normalized spacial score (nSPS) is 36.7. The summed E-state index contributed by atoms with van der Waals surface area (Å²) < 4.78 is 0. The van der Waals surface area contributed by atoms with Crippen LogP contribution in [0.25, 0.3) is 0 Å². The standard InChI is InChI=1S/C18H27N3/c1-20-16-6-7-17(20)11-18(10-16,13-19)21-9-8-14-4-2-3-5-15(14)12-21/h2-5,16-17H,6-13,19H2,1H3. The van der Waals surface area contributed by atoms with Crippen LogP contribution in [0.4, 0.5) is 0 Å². The van der Waals surface area contributed by atoms with Gasteiger partial charge in [0, 0.05) is 37.3 Å². The van der Waals surface area contributed by atoms with Crippen molar-refractivity contribution in [3.8, 4) is 0 Å². The molecule has 3 nitrogen and oxygen atoms in total. The second-order valence-electron chi connectivity index (χ2n) is 7.33. The van der Waals surface area contributed by atoms with E-state index in [9.17, 15) is 0 Å². The van der Waals surface area contributed by atoms with E-state index in [0.717, 1.165) is 25.2 Å². The summed E-state index contributed by atoms with van der Waals surface area (Å²) in [5.41, 5.74) is 9.62. The Morgan fingerprint density at radius 2 is 1.81 bits per heavy atom. The summed E-state index contributed by atoms with van der Waals surface area (Å²) >= 11 is 0. The monoisotopic (exact) mass is 285 g/mol. The lowest BCUT2D eigenvalue weighted by Gasteiger charge is -2.52. The molecular weight excluding hydrogens is 258 g/mol. The van der Waals surface area contributed by atoms with E-state index in [1.807, 2.05) is 0 Å². The molecule has 0 radical (unpaired) electrons. The van der Waals surface area contributed by atoms with Crippen molar-refractivity contribution in [1.29, 1.82) is 0 Å². The highest BCUT2D eigenvalue weighted by molar-refractivity contribution is 5.30. The molecule has 3 heterocycles. The maximum atomic E-state index is 6.33. The summed E-state index contributed by atoms with van der Waals surface area (Å²) in [7, 11) is 2.31. The summed E-state index contributed by atoms with van der Waals surface area (Å²) in [6.45, 7) is 3.09. The Hall–Kier alpha value is -0.900. The van der Waals surface area contributed by atoms with Gasteiger partial charge in [0.15, 0.2) is 0 Å². The largest absolute Gasteiger partial charge is 0.329 e. The van der Waals surface area contributed by atoms with Crippen LogP contribution >= 0.6 is 0 Å². The van der Waals surface area contributed by atoms with E-state index < -0.39 is 0 Å². The maximum absolute atomic E-state index is 6.33. The first kappa shape index (κ1) is 13.7. The fourth-order valence-corrected chi connectivity index (χ4v) is 5.00. The number of benzene rings is 1. The maximum Gasteiger partial charge on any atom is 0.0365 e. The van der Waals surface area contributed by atoms with Crippen LogP contribution in [-0.2, 0) is 13.0 Å². The minimum absolute atomic E-state index is 0.242. The molecule has 2 fully saturated rings. The number of piperidine rings is 1. The van der Waals surface area contributed by atoms with Crippen molar-refractivity contribution in [3.63, 3.8) is 0 Å². The number of hydrogen-bond donors (Lipinski definition) is 1. The van der Waals surface area contributed by atoms with Gasteiger partial charge in [0.2, 0.25) is 0 Å². The molecule has 2 unspecified atom stereocenters. The van der Waals surface area contributed by atoms with E-state index in [0.29, 0.717) is 0 Å². The third-order valence-corrected chi connectivity index (χ3v) is 6.40. The lowest BCUT2D eigenvalue weighted by molar-refractivity contribution is -0.00723. The Balaban J connectivity index is 1.60. The van der Waals surface area contributed by atoms with Crippen LogP contribution in [0, 0.1) is 0 Å². The van der Waals surface area contributed by atoms with E-state index in [2.05, 4.69) is 41.1 Å². The van der Waals surface area contributed by atoms with Crippen molar-refractivity contribution in [3.05, 3.63) is 35.4 Å². The minimum Gasteiger partial charge on any atom is -0.329 e. The van der Waals surface area contributed by atoms with Crippen LogP contribution in [0.3, 0.4) is 0 Å². The van der Waals surface area contributed by atoms with E-state index in [-0.39, 0.29) is 5.54 Å². The molecule has 0 aliphatic carbocycles. The first-order valence-corrected chi connectivity index (χ1v) is 8.46. The smallest absolute Gasteiger partial charge is 0.0365 e. The second kappa shape index (κ2) is 5.08. The van der Waals surface area contributed by atoms with E-state index in [1.54, 1.807) is 0 Å². The molecule has 21 heavy (non-hydrogen) atoms. The van der Waals surface area contributed by atoms with Gasteiger partial charge in [-0.1, -0.05) is 24.3 Å². The molecule has 2 saturated heterocycles. The highest BCUT2D eigenvalue weighted by atomic mass is 15.3. The molecule has 3 heteroatoms. The lowest BCUT2D eigenvalue weighted by atomic mass is 9.80. The van der Waals surface area contributed by atoms with Gasteiger partial charge >= 0.3 is 0 Å². The summed E-state index contributed by atoms with van der Waals surface area (Å²) in [4.78, 5) is 5.33. The third kappa shape index (κ3) is 2.14. The minimum atomic E-state index is 0.242. The van der Waals surface area contributed by atoms with Crippen LogP contribution in [0.15, 0.2) is 24.3 Å². The summed E-state index contributed by atoms with van der Waals surface area (Å²) in [5.74, 6) is 0. The van der Waals surface area contributed by atoms with Gasteiger partial charge in [0.1, 0.15) is 0 Å². The second-order valence-corrected chi connectivity index (χ2v) is 7.33. The Morgan fingerprint density at radius 3 is 2.48 bits per heavy atom. The lowest BCUT2D eigenvalue weighted by Crippen LogP contribution is -2.62. The zero-order valence-electron chi connectivity index (χ0n) is 13.1. The Morgan fingerprint density at radius 1 is 1.14 bits per heavy atom. The van der Waals surface area contributed by atoms with Crippen LogP contribution in [0.5, 0.6) is 0 Å². The average Bonchev–Trinajstić information content (AvgIpc) is 2.76. The molecule has 0 spiro atoms. The predicted molar refractivity (Wildman–Crippen MR) is 86.1 cm³/mol. The molecular formula is C18H27N3. The molecule has 114 valence electrons. The van der Waals surface area contributed by atoms with Gasteiger partial charge in [-0.2, -0.15) is 0 Å². The van der Waals surface area contributed by atoms with Crippen LogP contribution < -0.4 is 5.73 Å². The number of rotatable bonds is 2. The van der Waals surface area contributed by atoms with Crippen molar-refractivity contribution in [1.82, 2.24) is 9.80 Å². The van der Waals surface area contributed by atoms with Gasteiger partial charge in [-0.15, -0.1) is 0 Å². The molecule has 2 bridgehead atoms. The van der Waals surface area contributed by atoms with Gasteiger partial charge in [0.25, 0.3) is 0 Å². The summed E-state index contributed by atoms with van der Waals surface area (Å²) in [6, 6.07) is 10.4. The predicted octanol–water partition coefficient (Wildman–Crippen LogP) is 2.00. The van der Waals surface area contributed by atoms with E-state index in [4.69, 9.17) is 5.73 Å². The molecule has 2 N–H and O–H groups in total. The molecule has 2 atom stereocenters. The number of fused-ring (bicyclic) bond motifs is 3. The van der Waals surface area contributed by atoms with Crippen molar-refractivity contribution in [2.45, 2.75) is 56.3 Å². The average molecular weight is 285 g/mol. The zero-order valence-corrected chi connectivity index (χ0v) is 13.1. The van der Waals surface area contributed by atoms with Crippen molar-refractivity contribution < 1.29 is 0 Å². The van der Waals surface area contributed by atoms with Gasteiger partial charge in [-0.25, -0.2) is 0 Å². The molecule has 4 rings (SSSR count). The van der Waals surface area contributed by atoms with Gasteiger partial charge in [0.05, 0.1) is 0 Å². The van der Waals surface area contributed by atoms with Gasteiger partial charge < -0.3 is 10.6 Å².